The summed E-state index contributed by atoms with van der Waals surface area (Å²) in [6.45, 7) is 5.26. The number of amides is 1. The number of hydrogen-bond acceptors (Lipinski definition) is 5. The smallest absolute Gasteiger partial charge is 0.255 e. The first kappa shape index (κ1) is 27.0. The molecule has 0 radical (unpaired) electrons. The van der Waals surface area contributed by atoms with E-state index in [0.717, 1.165) is 12.1 Å². The van der Waals surface area contributed by atoms with E-state index in [-0.39, 0.29) is 58.2 Å². The number of hydrogen-bond donors (Lipinski definition) is 3. The van der Waals surface area contributed by atoms with Gasteiger partial charge in [0.25, 0.3) is 5.91 Å². The highest BCUT2D eigenvalue weighted by Gasteiger charge is 2.59. The third-order valence-electron chi connectivity index (χ3n) is 7.59. The molecule has 6 nitrogen and oxygen atoms in total. The molecule has 2 aromatic carbocycles. The number of fused-ring (bicyclic) bond motifs is 2. The summed E-state index contributed by atoms with van der Waals surface area (Å²) in [7, 11) is -3.97. The third kappa shape index (κ3) is 5.03. The van der Waals surface area contributed by atoms with E-state index in [1.165, 1.54) is 24.3 Å². The van der Waals surface area contributed by atoms with Crippen LogP contribution in [0.2, 0.25) is 5.02 Å². The number of rotatable bonds is 6. The van der Waals surface area contributed by atoms with Crippen LogP contribution < -0.4 is 5.32 Å². The molecule has 0 aromatic heterocycles. The van der Waals surface area contributed by atoms with Gasteiger partial charge < -0.3 is 15.5 Å². The minimum atomic E-state index is -3.97. The van der Waals surface area contributed by atoms with Crippen LogP contribution in [0.1, 0.15) is 56.8 Å². The Morgan fingerprint density at radius 2 is 1.83 bits per heavy atom. The van der Waals surface area contributed by atoms with Gasteiger partial charge in [0.15, 0.2) is 21.5 Å². The molecule has 2 aliphatic rings. The molecule has 3 N–H and O–H groups in total. The highest BCUT2D eigenvalue weighted by atomic mass is 35.5. The van der Waals surface area contributed by atoms with E-state index in [1.807, 2.05) is 6.92 Å². The van der Waals surface area contributed by atoms with Crippen LogP contribution in [0.3, 0.4) is 0 Å². The average molecular weight is 542 g/mol. The van der Waals surface area contributed by atoms with Crippen molar-refractivity contribution in [3.05, 3.63) is 58.6 Å². The van der Waals surface area contributed by atoms with E-state index in [2.05, 4.69) is 5.32 Å². The molecule has 0 heterocycles. The molecule has 3 unspecified atom stereocenters. The molecule has 0 aliphatic heterocycles. The van der Waals surface area contributed by atoms with Crippen molar-refractivity contribution in [3.8, 4) is 0 Å². The van der Waals surface area contributed by atoms with Crippen LogP contribution in [0.4, 0.5) is 14.5 Å². The highest BCUT2D eigenvalue weighted by molar-refractivity contribution is 7.92. The summed E-state index contributed by atoms with van der Waals surface area (Å²) in [5.41, 5.74) is -2.24. The molecule has 2 aromatic rings. The molecule has 1 amide bonds. The standard InChI is InChI=1S/C26H30ClF2NO5S/c1-14-8-16-10-18(12-19(14)26(16,33)13-25(2,3)32)36(34,35)23-9-15(4-6-20(23)27)24(31)30-17-5-7-21(28)22(29)11-17/h4-7,9,11,14,16,18-19,32-33H,8,10,12-13H2,1-3H3,(H,30,31)/t14-,16?,18?,19?,26+/m0/s1. The SMILES string of the molecule is C[C@H]1CC2CC(S(=O)(=O)c3cc(C(=O)Nc4ccc(F)c(F)c4)ccc3Cl)CC1[C@@]2(O)CC(C)(C)O. The Morgan fingerprint density at radius 1 is 1.14 bits per heavy atom. The van der Waals surface area contributed by atoms with Crippen molar-refractivity contribution in [2.45, 2.75) is 67.8 Å². The van der Waals surface area contributed by atoms with Crippen molar-refractivity contribution in [2.75, 3.05) is 5.32 Å². The fraction of sp³-hybridized carbons (Fsp3) is 0.500. The first-order valence-electron chi connectivity index (χ1n) is 11.9. The quantitative estimate of drug-likeness (QED) is 0.479. The number of anilines is 1. The second-order valence-electron chi connectivity index (χ2n) is 10.9. The van der Waals surface area contributed by atoms with Gasteiger partial charge in [-0.25, -0.2) is 17.2 Å². The van der Waals surface area contributed by atoms with Gasteiger partial charge >= 0.3 is 0 Å². The summed E-state index contributed by atoms with van der Waals surface area (Å²) in [5.74, 6) is -3.40. The van der Waals surface area contributed by atoms with Crippen molar-refractivity contribution in [1.29, 1.82) is 0 Å². The molecular formula is C26H30ClF2NO5S. The van der Waals surface area contributed by atoms with Crippen LogP contribution in [-0.2, 0) is 9.84 Å². The molecule has 4 rings (SSSR count). The second-order valence-corrected chi connectivity index (χ2v) is 13.5. The van der Waals surface area contributed by atoms with Gasteiger partial charge in [-0.1, -0.05) is 18.5 Å². The number of nitrogens with one attached hydrogen (secondary N) is 1. The van der Waals surface area contributed by atoms with Crippen LogP contribution in [0.25, 0.3) is 0 Å². The third-order valence-corrected chi connectivity index (χ3v) is 10.2. The van der Waals surface area contributed by atoms with Gasteiger partial charge in [0.05, 0.1) is 26.4 Å². The Kier molecular flexibility index (Phi) is 7.00. The Bertz CT molecular complexity index is 1300. The van der Waals surface area contributed by atoms with Gasteiger partial charge in [-0.2, -0.15) is 0 Å². The average Bonchev–Trinajstić information content (AvgIpc) is 2.89. The Morgan fingerprint density at radius 3 is 2.44 bits per heavy atom. The van der Waals surface area contributed by atoms with Gasteiger partial charge in [-0.15, -0.1) is 0 Å². The van der Waals surface area contributed by atoms with Gasteiger partial charge in [0.1, 0.15) is 0 Å². The molecule has 196 valence electrons. The van der Waals surface area contributed by atoms with Gasteiger partial charge in [-0.3, -0.25) is 4.79 Å². The van der Waals surface area contributed by atoms with E-state index in [9.17, 15) is 32.2 Å². The van der Waals surface area contributed by atoms with Crippen molar-refractivity contribution >= 4 is 33.0 Å². The lowest BCUT2D eigenvalue weighted by atomic mass is 9.69. The first-order chi connectivity index (χ1) is 16.6. The summed E-state index contributed by atoms with van der Waals surface area (Å²) < 4.78 is 54.1. The lowest BCUT2D eigenvalue weighted by Gasteiger charge is -2.45. The summed E-state index contributed by atoms with van der Waals surface area (Å²) in [6, 6.07) is 6.76. The van der Waals surface area contributed by atoms with Crippen LogP contribution in [0.5, 0.6) is 0 Å². The predicted molar refractivity (Wildman–Crippen MR) is 133 cm³/mol. The number of halogens is 3. The van der Waals surface area contributed by atoms with E-state index in [0.29, 0.717) is 6.42 Å². The zero-order chi connectivity index (χ0) is 26.6. The Labute approximate surface area is 214 Å². The van der Waals surface area contributed by atoms with Crippen LogP contribution >= 0.6 is 11.6 Å². The minimum absolute atomic E-state index is 0.00612. The number of carbonyl (C=O) groups excluding carboxylic acids is 1. The summed E-state index contributed by atoms with van der Waals surface area (Å²) in [5, 5.41) is 23.5. The van der Waals surface area contributed by atoms with Gasteiger partial charge in [0.2, 0.25) is 0 Å². The minimum Gasteiger partial charge on any atom is -0.390 e. The van der Waals surface area contributed by atoms with Crippen LogP contribution in [0, 0.1) is 29.4 Å². The maximum absolute atomic E-state index is 13.7. The fourth-order valence-corrected chi connectivity index (χ4v) is 8.46. The first-order valence-corrected chi connectivity index (χ1v) is 13.8. The van der Waals surface area contributed by atoms with Crippen molar-refractivity contribution in [3.63, 3.8) is 0 Å². The largest absolute Gasteiger partial charge is 0.390 e. The van der Waals surface area contributed by atoms with Crippen molar-refractivity contribution < 1.29 is 32.2 Å². The van der Waals surface area contributed by atoms with E-state index < -0.39 is 43.8 Å². The van der Waals surface area contributed by atoms with Crippen LogP contribution in [-0.4, -0.2) is 41.0 Å². The van der Waals surface area contributed by atoms with Gasteiger partial charge in [0, 0.05) is 23.7 Å². The zero-order valence-corrected chi connectivity index (χ0v) is 21.8. The number of sulfone groups is 1. The monoisotopic (exact) mass is 541 g/mol. The number of aliphatic hydroxyl groups is 2. The van der Waals surface area contributed by atoms with E-state index >= 15 is 0 Å². The molecule has 0 spiro atoms. The maximum atomic E-state index is 13.7. The lowest BCUT2D eigenvalue weighted by molar-refractivity contribution is -0.113. The summed E-state index contributed by atoms with van der Waals surface area (Å²) in [6.07, 6.45) is 1.26. The Balaban J connectivity index is 1.60. The number of benzene rings is 2. The molecule has 10 heteroatoms. The molecule has 5 atom stereocenters. The van der Waals surface area contributed by atoms with Crippen molar-refractivity contribution in [1.82, 2.24) is 0 Å². The van der Waals surface area contributed by atoms with Crippen LogP contribution in [0.15, 0.2) is 41.3 Å². The van der Waals surface area contributed by atoms with E-state index in [1.54, 1.807) is 13.8 Å². The molecule has 0 saturated heterocycles. The number of carbonyl (C=O) groups is 1. The Hall–Kier alpha value is -2.07. The maximum Gasteiger partial charge on any atom is 0.255 e. The molecule has 2 fully saturated rings. The molecule has 2 bridgehead atoms. The molecule has 2 saturated carbocycles. The normalized spacial score (nSPS) is 28.2. The van der Waals surface area contributed by atoms with E-state index in [4.69, 9.17) is 11.6 Å². The topological polar surface area (TPSA) is 104 Å². The van der Waals surface area contributed by atoms with Gasteiger partial charge in [-0.05, 0) is 81.2 Å². The lowest BCUT2D eigenvalue weighted by Crippen LogP contribution is -2.52. The fourth-order valence-electron chi connectivity index (χ4n) is 6.09. The predicted octanol–water partition coefficient (Wildman–Crippen LogP) is 4.97. The molecular weight excluding hydrogens is 512 g/mol. The second kappa shape index (κ2) is 9.35. The zero-order valence-electron chi connectivity index (χ0n) is 20.3. The molecule has 2 aliphatic carbocycles. The highest BCUT2D eigenvalue weighted by Crippen LogP contribution is 2.57. The summed E-state index contributed by atoms with van der Waals surface area (Å²) in [4.78, 5) is 12.5. The summed E-state index contributed by atoms with van der Waals surface area (Å²) >= 11 is 6.28. The van der Waals surface area contributed by atoms with Crippen molar-refractivity contribution in [2.24, 2.45) is 17.8 Å². The molecule has 36 heavy (non-hydrogen) atoms.